The fraction of sp³-hybridized carbons (Fsp3) is 0.961. The molecule has 6 heterocycles. The van der Waals surface area contributed by atoms with Gasteiger partial charge in [0.05, 0.1) is 43.7 Å². The van der Waals surface area contributed by atoms with Crippen molar-refractivity contribution in [3.05, 3.63) is 11.6 Å². The van der Waals surface area contributed by atoms with E-state index in [9.17, 15) is 51.1 Å². The van der Waals surface area contributed by atoms with E-state index < -0.39 is 141 Å². The highest BCUT2D eigenvalue weighted by Gasteiger charge is 2.69. The molecule has 31 atom stereocenters. The molecule has 406 valence electrons. The molecule has 10 N–H and O–H groups in total. The highest BCUT2D eigenvalue weighted by Crippen LogP contribution is 2.71. The van der Waals surface area contributed by atoms with Crippen molar-refractivity contribution in [1.29, 1.82) is 0 Å². The summed E-state index contributed by atoms with van der Waals surface area (Å²) in [4.78, 5) is 0. The Hall–Kier alpha value is -1.06. The molecule has 0 bridgehead atoms. The van der Waals surface area contributed by atoms with Crippen LogP contribution in [-0.2, 0) is 47.4 Å². The van der Waals surface area contributed by atoms with Crippen molar-refractivity contribution >= 4 is 0 Å². The Kier molecular flexibility index (Phi) is 15.1. The van der Waals surface area contributed by atoms with Gasteiger partial charge in [-0.25, -0.2) is 0 Å². The quantitative estimate of drug-likeness (QED) is 0.137. The van der Waals surface area contributed by atoms with E-state index in [2.05, 4.69) is 33.8 Å². The third-order valence-electron chi connectivity index (χ3n) is 19.7. The van der Waals surface area contributed by atoms with Gasteiger partial charge in [0.25, 0.3) is 0 Å². The molecule has 4 aliphatic carbocycles. The van der Waals surface area contributed by atoms with E-state index in [0.29, 0.717) is 48.3 Å². The first-order valence-corrected chi connectivity index (χ1v) is 26.6. The normalized spacial score (nSPS) is 58.4. The minimum Gasteiger partial charge on any atom is -0.394 e. The van der Waals surface area contributed by atoms with Crippen molar-refractivity contribution in [2.75, 3.05) is 13.2 Å². The van der Waals surface area contributed by atoms with Crippen LogP contribution in [0.1, 0.15) is 106 Å². The predicted molar refractivity (Wildman–Crippen MR) is 244 cm³/mol. The van der Waals surface area contributed by atoms with Crippen molar-refractivity contribution in [3.8, 4) is 0 Å². The van der Waals surface area contributed by atoms with Crippen molar-refractivity contribution in [2.45, 2.75) is 247 Å². The molecular weight excluding hydrogens is 933 g/mol. The Balaban J connectivity index is 0.836. The van der Waals surface area contributed by atoms with Gasteiger partial charge in [0, 0.05) is 12.3 Å². The van der Waals surface area contributed by atoms with Crippen LogP contribution in [0.4, 0.5) is 0 Å². The predicted octanol–water partition coefficient (Wildman–Crippen LogP) is 0.0935. The zero-order valence-corrected chi connectivity index (χ0v) is 42.1. The summed E-state index contributed by atoms with van der Waals surface area (Å²) >= 11 is 0. The van der Waals surface area contributed by atoms with Gasteiger partial charge in [-0.15, -0.1) is 0 Å². The van der Waals surface area contributed by atoms with Crippen LogP contribution in [0.15, 0.2) is 11.6 Å². The number of rotatable bonds is 9. The second-order valence-corrected chi connectivity index (χ2v) is 23.8. The number of allylic oxidation sites excluding steroid dienone is 1. The minimum atomic E-state index is -1.85. The van der Waals surface area contributed by atoms with Crippen LogP contribution in [0.5, 0.6) is 0 Å². The Morgan fingerprint density at radius 3 is 1.82 bits per heavy atom. The molecule has 3 saturated carbocycles. The number of hydrogen-bond acceptors (Lipinski definition) is 20. The van der Waals surface area contributed by atoms with Crippen molar-refractivity contribution < 1.29 is 98.4 Å². The molecule has 1 spiro atoms. The summed E-state index contributed by atoms with van der Waals surface area (Å²) in [5.41, 5.74) is 1.44. The maximum atomic E-state index is 12.2. The number of fused-ring (bicyclic) bond motifs is 7. The maximum absolute atomic E-state index is 12.2. The van der Waals surface area contributed by atoms with Gasteiger partial charge in [0.2, 0.25) is 0 Å². The molecule has 6 saturated heterocycles. The first-order valence-electron chi connectivity index (χ1n) is 26.6. The summed E-state index contributed by atoms with van der Waals surface area (Å²) in [6.07, 6.45) is -19.0. The SMILES string of the molecule is C[C@H]1CC[C@@]2(OC1)O[C@H]1C[C@H]3[C@@H]4CC=C5CC(O[C@H]6O[C@H](CO)[C@@H](O[C@@H]7O[C@@H](C)[C@H](O[C@@H]8O[C@@H](C)[C@H](O)[C@@H](O)[C@H]8O)[C@@H](O)[C@H]7O)[C@H](O)[C@H]6O[C@@H]6O[C@@H](C)[C@H](O)[C@@H](O)[C@H]6O)CC[C@]5(C)[C@H]4CC[C@]3(C)[C@H]1[C@@H]2C. The van der Waals surface area contributed by atoms with E-state index in [1.807, 2.05) is 0 Å². The Morgan fingerprint density at radius 2 is 1.20 bits per heavy atom. The summed E-state index contributed by atoms with van der Waals surface area (Å²) in [6.45, 7) is 14.1. The molecule has 0 aromatic rings. The third-order valence-corrected chi connectivity index (χ3v) is 19.7. The largest absolute Gasteiger partial charge is 0.394 e. The lowest BCUT2D eigenvalue weighted by Crippen LogP contribution is -2.67. The van der Waals surface area contributed by atoms with Gasteiger partial charge < -0.3 is 98.4 Å². The highest BCUT2D eigenvalue weighted by molar-refractivity contribution is 5.26. The number of hydrogen-bond donors (Lipinski definition) is 10. The molecule has 1 unspecified atom stereocenters. The fourth-order valence-electron chi connectivity index (χ4n) is 15.4. The molecule has 10 rings (SSSR count). The lowest BCUT2D eigenvalue weighted by Gasteiger charge is -2.59. The average Bonchev–Trinajstić information content (AvgIpc) is 3.79. The smallest absolute Gasteiger partial charge is 0.187 e. The number of aliphatic hydroxyl groups excluding tert-OH is 10. The molecule has 0 aromatic carbocycles. The van der Waals surface area contributed by atoms with Crippen LogP contribution in [0.25, 0.3) is 0 Å². The molecule has 0 aromatic heterocycles. The van der Waals surface area contributed by atoms with Gasteiger partial charge in [-0.05, 0) is 113 Å². The Morgan fingerprint density at radius 1 is 0.592 bits per heavy atom. The molecule has 0 radical (unpaired) electrons. The van der Waals surface area contributed by atoms with Crippen molar-refractivity contribution in [1.82, 2.24) is 0 Å². The van der Waals surface area contributed by atoms with E-state index in [4.69, 9.17) is 47.4 Å². The molecular formula is C51H82O20. The number of aliphatic hydroxyl groups is 10. The van der Waals surface area contributed by atoms with E-state index in [1.165, 1.54) is 26.3 Å². The van der Waals surface area contributed by atoms with E-state index in [0.717, 1.165) is 51.6 Å². The molecule has 71 heavy (non-hydrogen) atoms. The maximum Gasteiger partial charge on any atom is 0.187 e. The molecule has 6 aliphatic heterocycles. The van der Waals surface area contributed by atoms with E-state index in [1.54, 1.807) is 0 Å². The van der Waals surface area contributed by atoms with Crippen LogP contribution in [0.2, 0.25) is 0 Å². The zero-order chi connectivity index (χ0) is 50.8. The van der Waals surface area contributed by atoms with Crippen LogP contribution < -0.4 is 0 Å². The van der Waals surface area contributed by atoms with Gasteiger partial charge in [0.1, 0.15) is 79.4 Å². The first-order chi connectivity index (χ1) is 33.6. The monoisotopic (exact) mass is 1010 g/mol. The van der Waals surface area contributed by atoms with Gasteiger partial charge in [-0.3, -0.25) is 0 Å². The minimum absolute atomic E-state index is 0.0569. The lowest BCUT2D eigenvalue weighted by molar-refractivity contribution is -0.394. The fourth-order valence-corrected chi connectivity index (χ4v) is 15.4. The standard InChI is InChI=1S/C51H82O20/c1-20-10-15-51(62-19-20)21(2)32-30(71-51)17-29-27-9-8-25-16-26(11-13-49(25,6)28(27)12-14-50(29,32)7)66-48-44(70-46-39(59)36(56)34(54)23(4)64-46)41(61)43(31(18-52)67-48)69-47-40(60)37(57)42(24(5)65-47)68-45-38(58)35(55)33(53)22(3)63-45/h8,20-24,26-48,52-61H,9-19H2,1-7H3/t20-,21-,22-,23-,24-,26?,27+,28-,29-,30-,31+,32-,33-,34-,35+,36+,37-,38+,39+,40+,41-,42-,43+,44+,45-,46-,47-,48-,49-,50-,51+/m0/s1. The molecule has 20 heteroatoms. The number of ether oxygens (including phenoxy) is 10. The first kappa shape index (κ1) is 53.3. The average molecular weight is 1020 g/mol. The van der Waals surface area contributed by atoms with E-state index >= 15 is 0 Å². The molecule has 9 fully saturated rings. The summed E-state index contributed by atoms with van der Waals surface area (Å²) in [7, 11) is 0. The summed E-state index contributed by atoms with van der Waals surface area (Å²) in [6, 6.07) is 0. The third kappa shape index (κ3) is 9.03. The highest BCUT2D eigenvalue weighted by atomic mass is 16.8. The Labute approximate surface area is 415 Å². The summed E-state index contributed by atoms with van der Waals surface area (Å²) in [5.74, 6) is 2.46. The van der Waals surface area contributed by atoms with Crippen LogP contribution >= 0.6 is 0 Å². The Bertz CT molecular complexity index is 1890. The zero-order valence-electron chi connectivity index (χ0n) is 42.1. The second kappa shape index (κ2) is 20.1. The van der Waals surface area contributed by atoms with E-state index in [-0.39, 0.29) is 16.9 Å². The van der Waals surface area contributed by atoms with Gasteiger partial charge >= 0.3 is 0 Å². The van der Waals surface area contributed by atoms with Crippen LogP contribution in [-0.4, -0.2) is 205 Å². The summed E-state index contributed by atoms with van der Waals surface area (Å²) in [5, 5.41) is 109. The molecule has 20 nitrogen and oxygen atoms in total. The second-order valence-electron chi connectivity index (χ2n) is 23.8. The van der Waals surface area contributed by atoms with Gasteiger partial charge in [-0.1, -0.05) is 39.3 Å². The van der Waals surface area contributed by atoms with Crippen LogP contribution in [0, 0.1) is 46.3 Å². The van der Waals surface area contributed by atoms with Crippen LogP contribution in [0.3, 0.4) is 0 Å². The van der Waals surface area contributed by atoms with Gasteiger partial charge in [-0.2, -0.15) is 0 Å². The van der Waals surface area contributed by atoms with Gasteiger partial charge in [0.15, 0.2) is 30.9 Å². The van der Waals surface area contributed by atoms with Crippen molar-refractivity contribution in [2.24, 2.45) is 46.3 Å². The summed E-state index contributed by atoms with van der Waals surface area (Å²) < 4.78 is 62.2. The molecule has 10 aliphatic rings. The molecule has 0 amide bonds. The topological polar surface area (TPSA) is 295 Å². The lowest BCUT2D eigenvalue weighted by atomic mass is 9.47. The van der Waals surface area contributed by atoms with Crippen molar-refractivity contribution in [3.63, 3.8) is 0 Å².